The van der Waals surface area contributed by atoms with Crippen molar-refractivity contribution >= 4 is 5.97 Å². The summed E-state index contributed by atoms with van der Waals surface area (Å²) in [6, 6.07) is 0. The topological polar surface area (TPSA) is 38.8 Å². The molecular weight excluding hydrogens is 206 g/mol. The minimum absolute atomic E-state index is 0.0849. The van der Waals surface area contributed by atoms with Gasteiger partial charge >= 0.3 is 5.97 Å². The fourth-order valence-electron chi connectivity index (χ4n) is 1.36. The zero-order valence-electron chi connectivity index (χ0n) is 10.8. The van der Waals surface area contributed by atoms with Crippen LogP contribution < -0.4 is 0 Å². The van der Waals surface area contributed by atoms with E-state index in [1.165, 1.54) is 0 Å². The molecule has 0 bridgehead atoms. The van der Waals surface area contributed by atoms with Gasteiger partial charge in [-0.1, -0.05) is 20.8 Å². The Kier molecular flexibility index (Phi) is 10.5. The van der Waals surface area contributed by atoms with Crippen molar-refractivity contribution in [3.8, 4) is 0 Å². The van der Waals surface area contributed by atoms with Gasteiger partial charge in [0, 0.05) is 19.6 Å². The Balaban J connectivity index is 0.00000106. The number of nitrogens with zero attached hydrogens (tertiary/aromatic N) is 1. The van der Waals surface area contributed by atoms with E-state index in [1.807, 2.05) is 20.8 Å². The van der Waals surface area contributed by atoms with Gasteiger partial charge in [0.15, 0.2) is 0 Å². The molecule has 0 radical (unpaired) electrons. The number of ether oxygens (including phenoxy) is 2. The smallest absolute Gasteiger partial charge is 0.307 e. The Hall–Kier alpha value is -0.610. The fourth-order valence-corrected chi connectivity index (χ4v) is 1.36. The summed E-state index contributed by atoms with van der Waals surface area (Å²) in [7, 11) is 0. The highest BCUT2D eigenvalue weighted by atomic mass is 16.5. The number of rotatable bonds is 5. The van der Waals surface area contributed by atoms with Gasteiger partial charge < -0.3 is 9.47 Å². The van der Waals surface area contributed by atoms with Gasteiger partial charge in [-0.2, -0.15) is 0 Å². The van der Waals surface area contributed by atoms with E-state index in [4.69, 9.17) is 9.47 Å². The molecule has 0 saturated carbocycles. The Morgan fingerprint density at radius 1 is 1.31 bits per heavy atom. The van der Waals surface area contributed by atoms with Crippen molar-refractivity contribution in [2.45, 2.75) is 33.6 Å². The number of carbonyl (C=O) groups is 1. The Labute approximate surface area is 98.9 Å². The molecular formula is C12H25NO3. The summed E-state index contributed by atoms with van der Waals surface area (Å²) in [5.41, 5.74) is 0. The summed E-state index contributed by atoms with van der Waals surface area (Å²) in [5.74, 6) is -0.0849. The van der Waals surface area contributed by atoms with E-state index in [0.29, 0.717) is 13.0 Å². The van der Waals surface area contributed by atoms with Gasteiger partial charge in [0.05, 0.1) is 26.2 Å². The van der Waals surface area contributed by atoms with Crippen LogP contribution in [-0.2, 0) is 14.3 Å². The third-order valence-electron chi connectivity index (χ3n) is 2.20. The molecule has 96 valence electrons. The van der Waals surface area contributed by atoms with Crippen LogP contribution in [0.25, 0.3) is 0 Å². The van der Waals surface area contributed by atoms with Crippen molar-refractivity contribution in [3.05, 3.63) is 0 Å². The molecule has 16 heavy (non-hydrogen) atoms. The molecule has 0 N–H and O–H groups in total. The number of hydrogen-bond acceptors (Lipinski definition) is 4. The van der Waals surface area contributed by atoms with E-state index in [1.54, 1.807) is 0 Å². The van der Waals surface area contributed by atoms with Crippen LogP contribution in [0.15, 0.2) is 0 Å². The van der Waals surface area contributed by atoms with Crippen molar-refractivity contribution < 1.29 is 14.3 Å². The number of morpholine rings is 1. The third-order valence-corrected chi connectivity index (χ3v) is 2.20. The molecule has 0 atom stereocenters. The van der Waals surface area contributed by atoms with E-state index in [9.17, 15) is 4.79 Å². The summed E-state index contributed by atoms with van der Waals surface area (Å²) >= 11 is 0. The molecule has 1 heterocycles. The second-order valence-electron chi connectivity index (χ2n) is 3.42. The van der Waals surface area contributed by atoms with Gasteiger partial charge in [-0.3, -0.25) is 9.69 Å². The fraction of sp³-hybridized carbons (Fsp3) is 0.917. The Morgan fingerprint density at radius 3 is 2.50 bits per heavy atom. The third kappa shape index (κ3) is 7.65. The average molecular weight is 231 g/mol. The normalized spacial score (nSPS) is 16.2. The van der Waals surface area contributed by atoms with Crippen LogP contribution in [0.2, 0.25) is 0 Å². The standard InChI is InChI=1S/C10H19NO3.C2H6/c1-2-7-14-10(12)3-4-11-5-8-13-9-6-11;1-2/h2-9H2,1H3;1-2H3. The molecule has 0 spiro atoms. The molecule has 0 unspecified atom stereocenters. The van der Waals surface area contributed by atoms with Crippen molar-refractivity contribution in [1.82, 2.24) is 4.90 Å². The zero-order chi connectivity index (χ0) is 12.2. The van der Waals surface area contributed by atoms with Crippen molar-refractivity contribution in [2.24, 2.45) is 0 Å². The van der Waals surface area contributed by atoms with Crippen LogP contribution in [0.3, 0.4) is 0 Å². The summed E-state index contributed by atoms with van der Waals surface area (Å²) in [6.45, 7) is 10.8. The van der Waals surface area contributed by atoms with Crippen LogP contribution in [0, 0.1) is 0 Å². The van der Waals surface area contributed by atoms with Gasteiger partial charge in [-0.25, -0.2) is 0 Å². The molecule has 0 aromatic rings. The van der Waals surface area contributed by atoms with Crippen LogP contribution in [0.4, 0.5) is 0 Å². The lowest BCUT2D eigenvalue weighted by molar-refractivity contribution is -0.144. The molecule has 4 nitrogen and oxygen atoms in total. The molecule has 0 aromatic carbocycles. The largest absolute Gasteiger partial charge is 0.466 e. The van der Waals surface area contributed by atoms with E-state index in [0.717, 1.165) is 39.3 Å². The predicted molar refractivity (Wildman–Crippen MR) is 64.5 cm³/mol. The lowest BCUT2D eigenvalue weighted by atomic mass is 10.3. The monoisotopic (exact) mass is 231 g/mol. The summed E-state index contributed by atoms with van der Waals surface area (Å²) < 4.78 is 10.2. The molecule has 0 aromatic heterocycles. The maximum Gasteiger partial charge on any atom is 0.307 e. The highest BCUT2D eigenvalue weighted by molar-refractivity contribution is 5.69. The second-order valence-corrected chi connectivity index (χ2v) is 3.42. The number of esters is 1. The molecule has 4 heteroatoms. The first-order chi connectivity index (χ1) is 7.83. The summed E-state index contributed by atoms with van der Waals surface area (Å²) in [6.07, 6.45) is 1.39. The van der Waals surface area contributed by atoms with E-state index < -0.39 is 0 Å². The van der Waals surface area contributed by atoms with Crippen molar-refractivity contribution in [2.75, 3.05) is 39.5 Å². The van der Waals surface area contributed by atoms with Crippen LogP contribution in [0.5, 0.6) is 0 Å². The molecule has 1 fully saturated rings. The maximum atomic E-state index is 11.2. The van der Waals surface area contributed by atoms with Crippen LogP contribution >= 0.6 is 0 Å². The highest BCUT2D eigenvalue weighted by Crippen LogP contribution is 1.99. The first-order valence-corrected chi connectivity index (χ1v) is 6.28. The van der Waals surface area contributed by atoms with Gasteiger partial charge in [0.2, 0.25) is 0 Å². The maximum absolute atomic E-state index is 11.2. The molecule has 1 rings (SSSR count). The summed E-state index contributed by atoms with van der Waals surface area (Å²) in [4.78, 5) is 13.4. The van der Waals surface area contributed by atoms with Crippen molar-refractivity contribution in [1.29, 1.82) is 0 Å². The van der Waals surface area contributed by atoms with Crippen molar-refractivity contribution in [3.63, 3.8) is 0 Å². The zero-order valence-corrected chi connectivity index (χ0v) is 10.8. The van der Waals surface area contributed by atoms with E-state index in [-0.39, 0.29) is 5.97 Å². The molecule has 1 aliphatic rings. The first kappa shape index (κ1) is 15.4. The minimum Gasteiger partial charge on any atom is -0.466 e. The molecule has 0 amide bonds. The van der Waals surface area contributed by atoms with Gasteiger partial charge in [0.25, 0.3) is 0 Å². The predicted octanol–water partition coefficient (Wildman–Crippen LogP) is 1.69. The SMILES string of the molecule is CC.CCCOC(=O)CCN1CCOCC1. The van der Waals surface area contributed by atoms with E-state index >= 15 is 0 Å². The quantitative estimate of drug-likeness (QED) is 0.675. The molecule has 1 aliphatic heterocycles. The van der Waals surface area contributed by atoms with Gasteiger partial charge in [0.1, 0.15) is 0 Å². The Morgan fingerprint density at radius 2 is 1.94 bits per heavy atom. The highest BCUT2D eigenvalue weighted by Gasteiger charge is 2.11. The first-order valence-electron chi connectivity index (χ1n) is 6.28. The molecule has 0 aliphatic carbocycles. The minimum atomic E-state index is -0.0849. The molecule has 1 saturated heterocycles. The number of hydrogen-bond donors (Lipinski definition) is 0. The average Bonchev–Trinajstić information content (AvgIpc) is 2.37. The second kappa shape index (κ2) is 10.9. The van der Waals surface area contributed by atoms with E-state index in [2.05, 4.69) is 4.90 Å². The van der Waals surface area contributed by atoms with Crippen LogP contribution in [0.1, 0.15) is 33.6 Å². The van der Waals surface area contributed by atoms with Crippen LogP contribution in [-0.4, -0.2) is 50.3 Å². The lowest BCUT2D eigenvalue weighted by Crippen LogP contribution is -2.37. The Bertz CT molecular complexity index is 168. The lowest BCUT2D eigenvalue weighted by Gasteiger charge is -2.25. The van der Waals surface area contributed by atoms with Gasteiger partial charge in [-0.15, -0.1) is 0 Å². The number of carbonyl (C=O) groups excluding carboxylic acids is 1. The summed E-state index contributed by atoms with van der Waals surface area (Å²) in [5, 5.41) is 0. The van der Waals surface area contributed by atoms with Gasteiger partial charge in [-0.05, 0) is 6.42 Å².